The number of nitrogens with one attached hydrogen (secondary N) is 1. The monoisotopic (exact) mass is 266 g/mol. The second-order valence-electron chi connectivity index (χ2n) is 6.46. The third kappa shape index (κ3) is 2.77. The van der Waals surface area contributed by atoms with Crippen LogP contribution in [0, 0.1) is 5.92 Å². The van der Waals surface area contributed by atoms with E-state index in [1.807, 2.05) is 4.90 Å². The fraction of sp³-hybridized carbons (Fsp3) is 0.867. The molecule has 4 nitrogen and oxygen atoms in total. The summed E-state index contributed by atoms with van der Waals surface area (Å²) < 4.78 is 0. The second-order valence-corrected chi connectivity index (χ2v) is 6.46. The molecule has 0 aromatic carbocycles. The van der Waals surface area contributed by atoms with E-state index in [-0.39, 0.29) is 17.9 Å². The van der Waals surface area contributed by atoms with Crippen molar-refractivity contribution >= 4 is 11.8 Å². The molecule has 2 aliphatic rings. The smallest absolute Gasteiger partial charge is 0.248 e. The maximum atomic E-state index is 12.5. The van der Waals surface area contributed by atoms with Gasteiger partial charge >= 0.3 is 0 Å². The van der Waals surface area contributed by atoms with Gasteiger partial charge in [-0.25, -0.2) is 0 Å². The van der Waals surface area contributed by atoms with E-state index in [0.29, 0.717) is 12.5 Å². The van der Waals surface area contributed by atoms with Gasteiger partial charge in [0.25, 0.3) is 0 Å². The molecule has 1 unspecified atom stereocenters. The van der Waals surface area contributed by atoms with Crippen molar-refractivity contribution in [1.29, 1.82) is 0 Å². The average molecular weight is 266 g/mol. The lowest BCUT2D eigenvalue weighted by molar-refractivity contribution is -0.156. The third-order valence-corrected chi connectivity index (χ3v) is 4.40. The van der Waals surface area contributed by atoms with Crippen LogP contribution in [0.1, 0.15) is 59.3 Å². The molecule has 1 N–H and O–H groups in total. The van der Waals surface area contributed by atoms with E-state index in [0.717, 1.165) is 19.3 Å². The van der Waals surface area contributed by atoms with Crippen LogP contribution in [0.15, 0.2) is 0 Å². The molecule has 4 heteroatoms. The molecule has 0 aromatic rings. The first-order valence-corrected chi connectivity index (χ1v) is 7.60. The van der Waals surface area contributed by atoms with E-state index in [1.54, 1.807) is 13.8 Å². The summed E-state index contributed by atoms with van der Waals surface area (Å²) in [5.41, 5.74) is -0.753. The number of hydrogen-bond donors (Lipinski definition) is 1. The molecular formula is C15H26N2O2. The highest BCUT2D eigenvalue weighted by molar-refractivity contribution is 5.99. The van der Waals surface area contributed by atoms with Gasteiger partial charge < -0.3 is 10.2 Å². The lowest BCUT2D eigenvalue weighted by Crippen LogP contribution is -2.69. The highest BCUT2D eigenvalue weighted by Crippen LogP contribution is 2.32. The summed E-state index contributed by atoms with van der Waals surface area (Å²) in [5, 5.41) is 2.91. The predicted molar refractivity (Wildman–Crippen MR) is 74.6 cm³/mol. The number of rotatable bonds is 3. The highest BCUT2D eigenvalue weighted by atomic mass is 16.2. The summed E-state index contributed by atoms with van der Waals surface area (Å²) in [5.74, 6) is 0.467. The molecule has 0 radical (unpaired) electrons. The molecule has 1 saturated carbocycles. The zero-order valence-electron chi connectivity index (χ0n) is 12.4. The first kappa shape index (κ1) is 14.4. The Morgan fingerprint density at radius 2 is 1.84 bits per heavy atom. The van der Waals surface area contributed by atoms with E-state index in [2.05, 4.69) is 12.2 Å². The summed E-state index contributed by atoms with van der Waals surface area (Å²) in [6.45, 7) is 6.35. The van der Waals surface area contributed by atoms with Crippen molar-refractivity contribution in [2.24, 2.45) is 5.92 Å². The SMILES string of the molecule is CCCN1C(=O)C(C)(C)NC(=O)C1C1CCCCC1. The molecule has 2 amide bonds. The van der Waals surface area contributed by atoms with E-state index in [4.69, 9.17) is 0 Å². The van der Waals surface area contributed by atoms with Gasteiger partial charge in [0.2, 0.25) is 11.8 Å². The van der Waals surface area contributed by atoms with E-state index in [1.165, 1.54) is 19.3 Å². The molecule has 0 bridgehead atoms. The van der Waals surface area contributed by atoms with Crippen LogP contribution < -0.4 is 5.32 Å². The van der Waals surface area contributed by atoms with Crippen molar-refractivity contribution in [2.45, 2.75) is 70.9 Å². The summed E-state index contributed by atoms with van der Waals surface area (Å²) in [6.07, 6.45) is 6.69. The van der Waals surface area contributed by atoms with Gasteiger partial charge in [-0.05, 0) is 39.0 Å². The van der Waals surface area contributed by atoms with Crippen LogP contribution in [0.2, 0.25) is 0 Å². The molecule has 2 fully saturated rings. The summed E-state index contributed by atoms with van der Waals surface area (Å²) in [4.78, 5) is 26.8. The summed E-state index contributed by atoms with van der Waals surface area (Å²) in [7, 11) is 0. The molecule has 108 valence electrons. The number of nitrogens with zero attached hydrogens (tertiary/aromatic N) is 1. The Bertz CT molecular complexity index is 359. The molecule has 19 heavy (non-hydrogen) atoms. The lowest BCUT2D eigenvalue weighted by Gasteiger charge is -2.46. The van der Waals surface area contributed by atoms with Crippen molar-refractivity contribution in [3.8, 4) is 0 Å². The molecule has 1 saturated heterocycles. The molecule has 0 spiro atoms. The van der Waals surface area contributed by atoms with Crippen LogP contribution in [-0.2, 0) is 9.59 Å². The Hall–Kier alpha value is -1.06. The fourth-order valence-corrected chi connectivity index (χ4v) is 3.46. The Morgan fingerprint density at radius 1 is 1.21 bits per heavy atom. The van der Waals surface area contributed by atoms with Gasteiger partial charge in [-0.15, -0.1) is 0 Å². The average Bonchev–Trinajstić information content (AvgIpc) is 2.36. The van der Waals surface area contributed by atoms with Gasteiger partial charge in [0.1, 0.15) is 11.6 Å². The normalized spacial score (nSPS) is 28.4. The Morgan fingerprint density at radius 3 is 2.42 bits per heavy atom. The lowest BCUT2D eigenvalue weighted by atomic mass is 9.80. The van der Waals surface area contributed by atoms with Crippen LogP contribution in [0.25, 0.3) is 0 Å². The van der Waals surface area contributed by atoms with Crippen molar-refractivity contribution in [3.05, 3.63) is 0 Å². The van der Waals surface area contributed by atoms with Crippen LogP contribution in [-0.4, -0.2) is 34.8 Å². The molecule has 1 atom stereocenters. The summed E-state index contributed by atoms with van der Waals surface area (Å²) in [6, 6.07) is -0.235. The number of carbonyl (C=O) groups is 2. The molecule has 1 aliphatic carbocycles. The van der Waals surface area contributed by atoms with Crippen LogP contribution in [0.4, 0.5) is 0 Å². The number of amides is 2. The number of carbonyl (C=O) groups excluding carboxylic acids is 2. The predicted octanol–water partition coefficient (Wildman–Crippen LogP) is 2.08. The van der Waals surface area contributed by atoms with Crippen LogP contribution in [0.3, 0.4) is 0 Å². The quantitative estimate of drug-likeness (QED) is 0.850. The highest BCUT2D eigenvalue weighted by Gasteiger charge is 2.47. The van der Waals surface area contributed by atoms with Crippen molar-refractivity contribution in [2.75, 3.05) is 6.54 Å². The molecular weight excluding hydrogens is 240 g/mol. The van der Waals surface area contributed by atoms with E-state index >= 15 is 0 Å². The second kappa shape index (κ2) is 5.51. The first-order valence-electron chi connectivity index (χ1n) is 7.60. The molecule has 0 aromatic heterocycles. The number of hydrogen-bond acceptors (Lipinski definition) is 2. The topological polar surface area (TPSA) is 49.4 Å². The van der Waals surface area contributed by atoms with Gasteiger partial charge in [-0.2, -0.15) is 0 Å². The van der Waals surface area contributed by atoms with Crippen molar-refractivity contribution < 1.29 is 9.59 Å². The first-order chi connectivity index (χ1) is 8.97. The van der Waals surface area contributed by atoms with Gasteiger partial charge in [0.05, 0.1) is 0 Å². The van der Waals surface area contributed by atoms with Crippen molar-refractivity contribution in [1.82, 2.24) is 10.2 Å². The number of piperazine rings is 1. The van der Waals surface area contributed by atoms with Gasteiger partial charge in [0, 0.05) is 6.54 Å². The minimum absolute atomic E-state index is 0.0463. The largest absolute Gasteiger partial charge is 0.340 e. The van der Waals surface area contributed by atoms with E-state index in [9.17, 15) is 9.59 Å². The van der Waals surface area contributed by atoms with Crippen molar-refractivity contribution in [3.63, 3.8) is 0 Å². The maximum Gasteiger partial charge on any atom is 0.248 e. The zero-order valence-corrected chi connectivity index (χ0v) is 12.4. The Labute approximate surface area is 115 Å². The molecule has 1 heterocycles. The summed E-state index contributed by atoms with van der Waals surface area (Å²) >= 11 is 0. The Kier molecular flexibility index (Phi) is 4.16. The molecule has 1 aliphatic heterocycles. The van der Waals surface area contributed by atoms with Gasteiger partial charge in [0.15, 0.2) is 0 Å². The van der Waals surface area contributed by atoms with Gasteiger partial charge in [-0.1, -0.05) is 26.2 Å². The fourth-order valence-electron chi connectivity index (χ4n) is 3.46. The minimum Gasteiger partial charge on any atom is -0.340 e. The van der Waals surface area contributed by atoms with Crippen LogP contribution >= 0.6 is 0 Å². The van der Waals surface area contributed by atoms with E-state index < -0.39 is 5.54 Å². The third-order valence-electron chi connectivity index (χ3n) is 4.40. The Balaban J connectivity index is 2.22. The van der Waals surface area contributed by atoms with Gasteiger partial charge in [-0.3, -0.25) is 9.59 Å². The molecule has 2 rings (SSSR count). The van der Waals surface area contributed by atoms with Crippen LogP contribution in [0.5, 0.6) is 0 Å². The standard InChI is InChI=1S/C15H26N2O2/c1-4-10-17-12(11-8-6-5-7-9-11)13(18)16-15(2,3)14(17)19/h11-12H,4-10H2,1-3H3,(H,16,18). The maximum absolute atomic E-state index is 12.5. The minimum atomic E-state index is -0.753. The zero-order chi connectivity index (χ0) is 14.0.